The molecule has 3 rings (SSSR count). The summed E-state index contributed by atoms with van der Waals surface area (Å²) in [5.74, 6) is -0.158. The fraction of sp³-hybridized carbons (Fsp3) is 0.174. The average Bonchev–Trinajstić information content (AvgIpc) is 2.75. The summed E-state index contributed by atoms with van der Waals surface area (Å²) in [6.07, 6.45) is -0.792. The van der Waals surface area contributed by atoms with E-state index in [-0.39, 0.29) is 16.3 Å². The molecule has 32 heavy (non-hydrogen) atoms. The van der Waals surface area contributed by atoms with E-state index in [1.165, 1.54) is 19.2 Å². The van der Waals surface area contributed by atoms with Crippen LogP contribution in [0.2, 0.25) is 0 Å². The van der Waals surface area contributed by atoms with E-state index in [9.17, 15) is 17.6 Å². The highest BCUT2D eigenvalue weighted by molar-refractivity contribution is 7.92. The molecular formula is C23H23FN2O5S. The summed E-state index contributed by atoms with van der Waals surface area (Å²) in [5, 5.41) is 2.69. The summed E-state index contributed by atoms with van der Waals surface area (Å²) in [6.45, 7) is 3.56. The number of halogens is 1. The number of carbonyl (C=O) groups excluding carboxylic acids is 1. The number of benzene rings is 3. The largest absolute Gasteiger partial charge is 0.495 e. The highest BCUT2D eigenvalue weighted by atomic mass is 32.2. The average molecular weight is 459 g/mol. The summed E-state index contributed by atoms with van der Waals surface area (Å²) >= 11 is 0. The van der Waals surface area contributed by atoms with Gasteiger partial charge in [-0.25, -0.2) is 12.8 Å². The second kappa shape index (κ2) is 9.69. The van der Waals surface area contributed by atoms with E-state index in [1.807, 2.05) is 19.1 Å². The molecule has 168 valence electrons. The van der Waals surface area contributed by atoms with Crippen molar-refractivity contribution < 1.29 is 27.1 Å². The molecule has 3 aromatic carbocycles. The number of anilines is 2. The van der Waals surface area contributed by atoms with Gasteiger partial charge in [0.15, 0.2) is 6.10 Å². The molecule has 0 aliphatic rings. The standard InChI is InChI=1S/C23H23FN2O5S/c1-15-4-9-19(10-5-15)31-16(2)23(27)25-18-8-13-22(30-3)21(14-18)26-32(28,29)20-11-6-17(24)7-12-20/h4-14,16,26H,1-3H3,(H,25,27). The van der Waals surface area contributed by atoms with Crippen LogP contribution in [0.4, 0.5) is 15.8 Å². The lowest BCUT2D eigenvalue weighted by Gasteiger charge is -2.17. The van der Waals surface area contributed by atoms with Crippen LogP contribution < -0.4 is 19.5 Å². The molecule has 0 bridgehead atoms. The highest BCUT2D eigenvalue weighted by Crippen LogP contribution is 2.30. The molecular weight excluding hydrogens is 435 g/mol. The number of ether oxygens (including phenoxy) is 2. The van der Waals surface area contributed by atoms with Gasteiger partial charge in [-0.15, -0.1) is 0 Å². The van der Waals surface area contributed by atoms with Gasteiger partial charge < -0.3 is 14.8 Å². The summed E-state index contributed by atoms with van der Waals surface area (Å²) in [7, 11) is -2.61. The Labute approximate surface area is 186 Å². The van der Waals surface area contributed by atoms with Crippen LogP contribution in [0, 0.1) is 12.7 Å². The molecule has 0 aliphatic carbocycles. The molecule has 0 aromatic heterocycles. The lowest BCUT2D eigenvalue weighted by molar-refractivity contribution is -0.122. The van der Waals surface area contributed by atoms with Gasteiger partial charge in [0.1, 0.15) is 17.3 Å². The molecule has 1 amide bonds. The lowest BCUT2D eigenvalue weighted by atomic mass is 10.2. The monoisotopic (exact) mass is 458 g/mol. The van der Waals surface area contributed by atoms with E-state index in [1.54, 1.807) is 25.1 Å². The number of hydrogen-bond donors (Lipinski definition) is 2. The summed E-state index contributed by atoms with van der Waals surface area (Å²) in [4.78, 5) is 12.4. The fourth-order valence-corrected chi connectivity index (χ4v) is 3.86. The minimum Gasteiger partial charge on any atom is -0.495 e. The van der Waals surface area contributed by atoms with Crippen molar-refractivity contribution in [2.45, 2.75) is 24.8 Å². The summed E-state index contributed by atoms with van der Waals surface area (Å²) < 4.78 is 51.7. The van der Waals surface area contributed by atoms with Crippen molar-refractivity contribution in [2.24, 2.45) is 0 Å². The lowest BCUT2D eigenvalue weighted by Crippen LogP contribution is -2.30. The summed E-state index contributed by atoms with van der Waals surface area (Å²) in [5.41, 5.74) is 1.52. The predicted octanol–water partition coefficient (Wildman–Crippen LogP) is 4.35. The van der Waals surface area contributed by atoms with Gasteiger partial charge in [0.05, 0.1) is 17.7 Å². The molecule has 0 saturated carbocycles. The van der Waals surface area contributed by atoms with E-state index < -0.39 is 27.9 Å². The number of sulfonamides is 1. The Morgan fingerprint density at radius 1 is 1.00 bits per heavy atom. The molecule has 7 nitrogen and oxygen atoms in total. The molecule has 1 unspecified atom stereocenters. The van der Waals surface area contributed by atoms with Crippen molar-refractivity contribution in [3.63, 3.8) is 0 Å². The number of hydrogen-bond acceptors (Lipinski definition) is 5. The van der Waals surface area contributed by atoms with E-state index >= 15 is 0 Å². The zero-order valence-corrected chi connectivity index (χ0v) is 18.6. The Kier molecular flexibility index (Phi) is 6.99. The molecule has 3 aromatic rings. The third kappa shape index (κ3) is 5.76. The predicted molar refractivity (Wildman–Crippen MR) is 120 cm³/mol. The molecule has 0 saturated heterocycles. The van der Waals surface area contributed by atoms with Gasteiger partial charge in [-0.3, -0.25) is 9.52 Å². The molecule has 9 heteroatoms. The number of methoxy groups -OCH3 is 1. The maximum absolute atomic E-state index is 13.1. The van der Waals surface area contributed by atoms with E-state index in [0.717, 1.165) is 29.8 Å². The smallest absolute Gasteiger partial charge is 0.265 e. The van der Waals surface area contributed by atoms with Crippen LogP contribution in [-0.2, 0) is 14.8 Å². The van der Waals surface area contributed by atoms with Crippen LogP contribution in [0.15, 0.2) is 71.6 Å². The van der Waals surface area contributed by atoms with E-state index in [4.69, 9.17) is 9.47 Å². The summed E-state index contributed by atoms with van der Waals surface area (Å²) in [6, 6.07) is 16.2. The first-order valence-electron chi connectivity index (χ1n) is 9.68. The minimum atomic E-state index is -4.00. The van der Waals surface area contributed by atoms with Gasteiger partial charge in [-0.1, -0.05) is 17.7 Å². The first-order chi connectivity index (χ1) is 15.2. The van der Waals surface area contributed by atoms with Crippen LogP contribution in [0.3, 0.4) is 0 Å². The number of carbonyl (C=O) groups is 1. The van der Waals surface area contributed by atoms with E-state index in [0.29, 0.717) is 11.4 Å². The van der Waals surface area contributed by atoms with Gasteiger partial charge in [0.2, 0.25) is 0 Å². The molecule has 0 fully saturated rings. The quantitative estimate of drug-likeness (QED) is 0.524. The van der Waals surface area contributed by atoms with Crippen molar-refractivity contribution in [1.82, 2.24) is 0 Å². The first kappa shape index (κ1) is 23.1. The van der Waals surface area contributed by atoms with Crippen molar-refractivity contribution in [1.29, 1.82) is 0 Å². The second-order valence-corrected chi connectivity index (χ2v) is 8.72. The number of rotatable bonds is 8. The van der Waals surface area contributed by atoms with Crippen LogP contribution in [-0.4, -0.2) is 27.5 Å². The maximum Gasteiger partial charge on any atom is 0.265 e. The van der Waals surface area contributed by atoms with Gasteiger partial charge in [0, 0.05) is 5.69 Å². The topological polar surface area (TPSA) is 93.7 Å². The Balaban J connectivity index is 1.75. The van der Waals surface area contributed by atoms with Gasteiger partial charge >= 0.3 is 0 Å². The van der Waals surface area contributed by atoms with Crippen LogP contribution in [0.5, 0.6) is 11.5 Å². The second-order valence-electron chi connectivity index (χ2n) is 7.04. The Morgan fingerprint density at radius 3 is 2.28 bits per heavy atom. The third-order valence-corrected chi connectivity index (χ3v) is 5.92. The zero-order chi connectivity index (χ0) is 23.3. The number of nitrogens with one attached hydrogen (secondary N) is 2. The maximum atomic E-state index is 13.1. The Bertz CT molecular complexity index is 1200. The van der Waals surface area contributed by atoms with Crippen LogP contribution in [0.25, 0.3) is 0 Å². The normalized spacial score (nSPS) is 12.0. The van der Waals surface area contributed by atoms with Gasteiger partial charge in [0.25, 0.3) is 15.9 Å². The molecule has 0 aliphatic heterocycles. The Morgan fingerprint density at radius 2 is 1.66 bits per heavy atom. The minimum absolute atomic E-state index is 0.113. The van der Waals surface area contributed by atoms with Crippen molar-refractivity contribution in [3.05, 3.63) is 78.1 Å². The van der Waals surface area contributed by atoms with Crippen molar-refractivity contribution >= 4 is 27.3 Å². The van der Waals surface area contributed by atoms with Crippen molar-refractivity contribution in [2.75, 3.05) is 17.1 Å². The molecule has 0 spiro atoms. The van der Waals surface area contributed by atoms with E-state index in [2.05, 4.69) is 10.0 Å². The van der Waals surface area contributed by atoms with Gasteiger partial charge in [-0.05, 0) is 68.4 Å². The zero-order valence-electron chi connectivity index (χ0n) is 17.8. The molecule has 0 heterocycles. The number of aryl methyl sites for hydroxylation is 1. The van der Waals surface area contributed by atoms with Gasteiger partial charge in [-0.2, -0.15) is 0 Å². The number of amides is 1. The Hall–Kier alpha value is -3.59. The van der Waals surface area contributed by atoms with Crippen molar-refractivity contribution in [3.8, 4) is 11.5 Å². The first-order valence-corrected chi connectivity index (χ1v) is 11.2. The third-order valence-electron chi connectivity index (χ3n) is 4.54. The molecule has 0 radical (unpaired) electrons. The van der Waals surface area contributed by atoms with Crippen LogP contribution in [0.1, 0.15) is 12.5 Å². The fourth-order valence-electron chi connectivity index (χ4n) is 2.80. The van der Waals surface area contributed by atoms with Crippen LogP contribution >= 0.6 is 0 Å². The molecule has 2 N–H and O–H groups in total. The molecule has 1 atom stereocenters. The highest BCUT2D eigenvalue weighted by Gasteiger charge is 2.19. The SMILES string of the molecule is COc1ccc(NC(=O)C(C)Oc2ccc(C)cc2)cc1NS(=O)(=O)c1ccc(F)cc1.